The maximum absolute atomic E-state index is 14.1. The van der Waals surface area contributed by atoms with Crippen molar-refractivity contribution in [1.82, 2.24) is 5.32 Å². The van der Waals surface area contributed by atoms with Crippen molar-refractivity contribution in [2.45, 2.75) is 26.4 Å². The molecule has 150 valence electrons. The molecule has 2 aromatic carbocycles. The molecule has 8 heteroatoms. The Bertz CT molecular complexity index is 877. The largest absolute Gasteiger partial charge is 0.492 e. The van der Waals surface area contributed by atoms with Gasteiger partial charge in [-0.2, -0.15) is 0 Å². The van der Waals surface area contributed by atoms with Crippen molar-refractivity contribution in [2.75, 3.05) is 13.2 Å². The van der Waals surface area contributed by atoms with Gasteiger partial charge in [-0.1, -0.05) is 12.1 Å². The van der Waals surface area contributed by atoms with Gasteiger partial charge in [0.25, 0.3) is 0 Å². The molecule has 0 atom stereocenters. The van der Waals surface area contributed by atoms with Crippen LogP contribution in [0.2, 0.25) is 0 Å². The summed E-state index contributed by atoms with van der Waals surface area (Å²) in [5, 5.41) is 11.8. The van der Waals surface area contributed by atoms with Crippen molar-refractivity contribution < 1.29 is 33.0 Å². The first kappa shape index (κ1) is 21.1. The number of ether oxygens (including phenoxy) is 2. The van der Waals surface area contributed by atoms with Crippen LogP contribution in [-0.4, -0.2) is 35.9 Å². The second-order valence-corrected chi connectivity index (χ2v) is 6.93. The van der Waals surface area contributed by atoms with Crippen molar-refractivity contribution in [3.8, 4) is 16.9 Å². The van der Waals surface area contributed by atoms with E-state index in [1.54, 1.807) is 20.8 Å². The third kappa shape index (κ3) is 5.94. The summed E-state index contributed by atoms with van der Waals surface area (Å²) in [7, 11) is 0. The molecule has 0 heterocycles. The van der Waals surface area contributed by atoms with E-state index in [1.165, 1.54) is 30.3 Å². The highest BCUT2D eigenvalue weighted by molar-refractivity contribution is 5.90. The van der Waals surface area contributed by atoms with E-state index in [4.69, 9.17) is 9.47 Å². The molecule has 1 amide bonds. The highest BCUT2D eigenvalue weighted by atomic mass is 19.2. The Morgan fingerprint density at radius 2 is 1.86 bits per heavy atom. The van der Waals surface area contributed by atoms with Gasteiger partial charge < -0.3 is 19.9 Å². The van der Waals surface area contributed by atoms with Crippen LogP contribution in [0.15, 0.2) is 36.4 Å². The Kier molecular flexibility index (Phi) is 6.56. The number of halogens is 2. The SMILES string of the molecule is CC(C)(C)OC(=O)NCCOc1cc(C(=O)O)cc(-c2cccc(F)c2F)c1. The predicted octanol–water partition coefficient (Wildman–Crippen LogP) is 4.23. The molecule has 0 unspecified atom stereocenters. The second-order valence-electron chi connectivity index (χ2n) is 6.93. The molecule has 6 nitrogen and oxygen atoms in total. The van der Waals surface area contributed by atoms with E-state index in [9.17, 15) is 23.5 Å². The molecule has 2 rings (SSSR count). The van der Waals surface area contributed by atoms with Gasteiger partial charge in [0.15, 0.2) is 11.6 Å². The lowest BCUT2D eigenvalue weighted by molar-refractivity contribution is 0.0520. The van der Waals surface area contributed by atoms with E-state index in [-0.39, 0.29) is 35.6 Å². The number of aromatic carboxylic acids is 1. The van der Waals surface area contributed by atoms with E-state index in [2.05, 4.69) is 5.32 Å². The van der Waals surface area contributed by atoms with E-state index >= 15 is 0 Å². The topological polar surface area (TPSA) is 84.9 Å². The van der Waals surface area contributed by atoms with Gasteiger partial charge in [-0.3, -0.25) is 0 Å². The number of carboxylic acids is 1. The van der Waals surface area contributed by atoms with Crippen molar-refractivity contribution in [1.29, 1.82) is 0 Å². The first-order chi connectivity index (χ1) is 13.1. The molecule has 0 aliphatic heterocycles. The Morgan fingerprint density at radius 1 is 1.14 bits per heavy atom. The van der Waals surface area contributed by atoms with Crippen molar-refractivity contribution in [3.63, 3.8) is 0 Å². The first-order valence-electron chi connectivity index (χ1n) is 8.49. The van der Waals surface area contributed by atoms with Crippen LogP contribution < -0.4 is 10.1 Å². The molecule has 0 saturated heterocycles. The first-order valence-corrected chi connectivity index (χ1v) is 8.49. The van der Waals surface area contributed by atoms with Gasteiger partial charge in [-0.05, 0) is 50.6 Å². The molecule has 0 aliphatic rings. The summed E-state index contributed by atoms with van der Waals surface area (Å²) >= 11 is 0. The molecule has 0 fully saturated rings. The fourth-order valence-corrected chi connectivity index (χ4v) is 2.32. The smallest absolute Gasteiger partial charge is 0.407 e. The number of benzene rings is 2. The molecule has 0 radical (unpaired) electrons. The predicted molar refractivity (Wildman–Crippen MR) is 98.5 cm³/mol. The van der Waals surface area contributed by atoms with E-state index in [1.807, 2.05) is 0 Å². The summed E-state index contributed by atoms with van der Waals surface area (Å²) in [6.07, 6.45) is -0.613. The Hall–Kier alpha value is -3.16. The number of hydrogen-bond donors (Lipinski definition) is 2. The number of hydrogen-bond acceptors (Lipinski definition) is 4. The third-order valence-electron chi connectivity index (χ3n) is 3.46. The van der Waals surface area contributed by atoms with Crippen LogP contribution in [0.1, 0.15) is 31.1 Å². The summed E-state index contributed by atoms with van der Waals surface area (Å²) in [5.74, 6) is -3.22. The number of carbonyl (C=O) groups is 2. The monoisotopic (exact) mass is 393 g/mol. The van der Waals surface area contributed by atoms with Crippen LogP contribution in [0, 0.1) is 11.6 Å². The minimum Gasteiger partial charge on any atom is -0.492 e. The second kappa shape index (κ2) is 8.69. The van der Waals surface area contributed by atoms with Gasteiger partial charge >= 0.3 is 12.1 Å². The minimum absolute atomic E-state index is 0.0212. The zero-order valence-electron chi connectivity index (χ0n) is 15.7. The van der Waals surface area contributed by atoms with Crippen molar-refractivity contribution >= 4 is 12.1 Å². The van der Waals surface area contributed by atoms with Gasteiger partial charge in [0.1, 0.15) is 18.0 Å². The highest BCUT2D eigenvalue weighted by Crippen LogP contribution is 2.29. The number of alkyl carbamates (subject to hydrolysis) is 1. The molecule has 0 bridgehead atoms. The highest BCUT2D eigenvalue weighted by Gasteiger charge is 2.16. The molecule has 0 aromatic heterocycles. The van der Waals surface area contributed by atoms with Gasteiger partial charge in [-0.15, -0.1) is 0 Å². The lowest BCUT2D eigenvalue weighted by atomic mass is 10.0. The molecule has 0 aliphatic carbocycles. The molecular formula is C20H21F2NO5. The Morgan fingerprint density at radius 3 is 2.50 bits per heavy atom. The third-order valence-corrected chi connectivity index (χ3v) is 3.46. The number of carbonyl (C=O) groups excluding carboxylic acids is 1. The summed E-state index contributed by atoms with van der Waals surface area (Å²) in [6, 6.07) is 7.53. The zero-order chi connectivity index (χ0) is 20.9. The van der Waals surface area contributed by atoms with Gasteiger partial charge in [-0.25, -0.2) is 18.4 Å². The molecule has 0 spiro atoms. The maximum Gasteiger partial charge on any atom is 0.407 e. The van der Waals surface area contributed by atoms with E-state index in [0.29, 0.717) is 0 Å². The van der Waals surface area contributed by atoms with Crippen LogP contribution in [0.5, 0.6) is 5.75 Å². The fraction of sp³-hybridized carbons (Fsp3) is 0.300. The molecule has 28 heavy (non-hydrogen) atoms. The standard InChI is InChI=1S/C20H21F2NO5/c1-20(2,3)28-19(26)23-7-8-27-14-10-12(9-13(11-14)18(24)25)15-5-4-6-16(21)17(15)22/h4-6,9-11H,7-8H2,1-3H3,(H,23,26)(H,24,25). The van der Waals surface area contributed by atoms with Crippen LogP contribution in [-0.2, 0) is 4.74 Å². The lowest BCUT2D eigenvalue weighted by Crippen LogP contribution is -2.34. The number of carboxylic acid groups (broad SMARTS) is 1. The maximum atomic E-state index is 14.1. The Balaban J connectivity index is 2.12. The Labute approximate surface area is 161 Å². The van der Waals surface area contributed by atoms with Crippen LogP contribution >= 0.6 is 0 Å². The summed E-state index contributed by atoms with van der Waals surface area (Å²) in [6.45, 7) is 5.32. The number of amides is 1. The van der Waals surface area contributed by atoms with Gasteiger partial charge in [0.2, 0.25) is 0 Å². The van der Waals surface area contributed by atoms with Gasteiger partial charge in [0, 0.05) is 5.56 Å². The van der Waals surface area contributed by atoms with E-state index in [0.717, 1.165) is 6.07 Å². The molecule has 0 saturated carbocycles. The minimum atomic E-state index is -1.24. The summed E-state index contributed by atoms with van der Waals surface area (Å²) < 4.78 is 38.1. The van der Waals surface area contributed by atoms with Crippen molar-refractivity contribution in [2.24, 2.45) is 0 Å². The molecular weight excluding hydrogens is 372 g/mol. The van der Waals surface area contributed by atoms with Crippen LogP contribution in [0.25, 0.3) is 11.1 Å². The van der Waals surface area contributed by atoms with Gasteiger partial charge in [0.05, 0.1) is 12.1 Å². The normalized spacial score (nSPS) is 11.0. The number of rotatable bonds is 6. The molecule has 2 aromatic rings. The zero-order valence-corrected chi connectivity index (χ0v) is 15.7. The molecule has 2 N–H and O–H groups in total. The van der Waals surface area contributed by atoms with E-state index < -0.39 is 29.3 Å². The summed E-state index contributed by atoms with van der Waals surface area (Å²) in [4.78, 5) is 22.9. The van der Waals surface area contributed by atoms with Crippen LogP contribution in [0.4, 0.5) is 13.6 Å². The summed E-state index contributed by atoms with van der Waals surface area (Å²) in [5.41, 5.74) is -0.701. The number of nitrogens with one attached hydrogen (secondary N) is 1. The lowest BCUT2D eigenvalue weighted by Gasteiger charge is -2.19. The average Bonchev–Trinajstić information content (AvgIpc) is 2.59. The average molecular weight is 393 g/mol. The fourth-order valence-electron chi connectivity index (χ4n) is 2.32. The van der Waals surface area contributed by atoms with Crippen molar-refractivity contribution in [3.05, 3.63) is 53.6 Å². The quantitative estimate of drug-likeness (QED) is 0.718. The van der Waals surface area contributed by atoms with Crippen LogP contribution in [0.3, 0.4) is 0 Å².